The lowest BCUT2D eigenvalue weighted by molar-refractivity contribution is 0.474. The Hall–Kier alpha value is -0.530. The van der Waals surface area contributed by atoms with Crippen LogP contribution in [0.4, 0.5) is 0 Å². The molecule has 0 radical (unpaired) electrons. The summed E-state index contributed by atoms with van der Waals surface area (Å²) in [7, 11) is 0. The first-order valence-electron chi connectivity index (χ1n) is 6.76. The predicted octanol–water partition coefficient (Wildman–Crippen LogP) is 4.96. The third kappa shape index (κ3) is 5.56. The summed E-state index contributed by atoms with van der Waals surface area (Å²) < 4.78 is 0. The second-order valence-corrected chi connectivity index (χ2v) is 4.99. The Labute approximate surface area is 111 Å². The van der Waals surface area contributed by atoms with Crippen molar-refractivity contribution in [2.45, 2.75) is 52.0 Å². The van der Waals surface area contributed by atoms with E-state index < -0.39 is 0 Å². The maximum Gasteiger partial charge on any atom is 0.0409 e. The van der Waals surface area contributed by atoms with Gasteiger partial charge in [-0.1, -0.05) is 56.8 Å². The number of hydrogen-bond acceptors (Lipinski definition) is 1. The van der Waals surface area contributed by atoms with Crippen molar-refractivity contribution in [2.24, 2.45) is 0 Å². The van der Waals surface area contributed by atoms with Crippen molar-refractivity contribution in [1.29, 1.82) is 0 Å². The van der Waals surface area contributed by atoms with Gasteiger partial charge in [0.15, 0.2) is 0 Å². The zero-order valence-electron chi connectivity index (χ0n) is 11.0. The Morgan fingerprint density at radius 2 is 2.00 bits per heavy atom. The van der Waals surface area contributed by atoms with E-state index in [9.17, 15) is 0 Å². The van der Waals surface area contributed by atoms with Gasteiger partial charge in [-0.25, -0.2) is 0 Å². The molecular formula is C15H24ClN. The van der Waals surface area contributed by atoms with Gasteiger partial charge in [0, 0.05) is 11.1 Å². The summed E-state index contributed by atoms with van der Waals surface area (Å²) in [6.45, 7) is 5.52. The molecule has 0 aromatic heterocycles. The van der Waals surface area contributed by atoms with Crippen LogP contribution in [-0.2, 0) is 0 Å². The molecule has 1 aromatic carbocycles. The molecule has 0 aliphatic rings. The minimum absolute atomic E-state index is 0.459. The van der Waals surface area contributed by atoms with Crippen LogP contribution in [0.3, 0.4) is 0 Å². The molecule has 2 heteroatoms. The van der Waals surface area contributed by atoms with E-state index >= 15 is 0 Å². The second kappa shape index (κ2) is 8.54. The zero-order chi connectivity index (χ0) is 12.5. The fraction of sp³-hybridized carbons (Fsp3) is 0.600. The number of nitrogens with one attached hydrogen (secondary N) is 1. The predicted molar refractivity (Wildman–Crippen MR) is 76.6 cm³/mol. The van der Waals surface area contributed by atoms with Crippen LogP contribution in [0.2, 0.25) is 5.02 Å². The van der Waals surface area contributed by atoms with E-state index in [1.807, 2.05) is 12.1 Å². The average molecular weight is 254 g/mol. The third-order valence-electron chi connectivity index (χ3n) is 2.99. The van der Waals surface area contributed by atoms with Crippen LogP contribution in [0.25, 0.3) is 0 Å². The molecule has 96 valence electrons. The SMILES string of the molecule is CCCCCC(NCCC)c1cccc(Cl)c1. The molecule has 0 saturated carbocycles. The van der Waals surface area contributed by atoms with E-state index in [4.69, 9.17) is 11.6 Å². The molecule has 0 amide bonds. The van der Waals surface area contributed by atoms with E-state index in [2.05, 4.69) is 31.3 Å². The van der Waals surface area contributed by atoms with Crippen molar-refractivity contribution in [1.82, 2.24) is 5.32 Å². The highest BCUT2D eigenvalue weighted by molar-refractivity contribution is 6.30. The Kier molecular flexibility index (Phi) is 7.30. The highest BCUT2D eigenvalue weighted by Gasteiger charge is 2.10. The second-order valence-electron chi connectivity index (χ2n) is 4.56. The monoisotopic (exact) mass is 253 g/mol. The van der Waals surface area contributed by atoms with Crippen molar-refractivity contribution in [3.63, 3.8) is 0 Å². The van der Waals surface area contributed by atoms with Crippen LogP contribution in [0.1, 0.15) is 57.6 Å². The molecule has 17 heavy (non-hydrogen) atoms. The van der Waals surface area contributed by atoms with E-state index in [1.54, 1.807) is 0 Å². The lowest BCUT2D eigenvalue weighted by atomic mass is 10.0. The van der Waals surface area contributed by atoms with Crippen molar-refractivity contribution in [3.05, 3.63) is 34.9 Å². The summed E-state index contributed by atoms with van der Waals surface area (Å²) in [6.07, 6.45) is 6.24. The van der Waals surface area contributed by atoms with Crippen LogP contribution in [0.5, 0.6) is 0 Å². The molecule has 0 spiro atoms. The Morgan fingerprint density at radius 3 is 2.65 bits per heavy atom. The molecule has 0 heterocycles. The van der Waals surface area contributed by atoms with E-state index in [0.717, 1.165) is 11.6 Å². The zero-order valence-corrected chi connectivity index (χ0v) is 11.8. The largest absolute Gasteiger partial charge is 0.310 e. The van der Waals surface area contributed by atoms with Gasteiger partial charge in [0.2, 0.25) is 0 Å². The van der Waals surface area contributed by atoms with Crippen LogP contribution in [0, 0.1) is 0 Å². The summed E-state index contributed by atoms with van der Waals surface area (Å²) in [5.74, 6) is 0. The number of rotatable bonds is 8. The normalized spacial score (nSPS) is 12.6. The minimum Gasteiger partial charge on any atom is -0.310 e. The summed E-state index contributed by atoms with van der Waals surface area (Å²) in [6, 6.07) is 8.69. The maximum atomic E-state index is 6.06. The van der Waals surface area contributed by atoms with Gasteiger partial charge >= 0.3 is 0 Å². The molecule has 0 saturated heterocycles. The van der Waals surface area contributed by atoms with E-state index in [1.165, 1.54) is 37.7 Å². The van der Waals surface area contributed by atoms with E-state index in [0.29, 0.717) is 6.04 Å². The molecule has 1 atom stereocenters. The van der Waals surface area contributed by atoms with Crippen molar-refractivity contribution < 1.29 is 0 Å². The maximum absolute atomic E-state index is 6.06. The Bertz CT molecular complexity index is 312. The summed E-state index contributed by atoms with van der Waals surface area (Å²) in [4.78, 5) is 0. The van der Waals surface area contributed by atoms with Gasteiger partial charge in [-0.2, -0.15) is 0 Å². The minimum atomic E-state index is 0.459. The number of halogens is 1. The topological polar surface area (TPSA) is 12.0 Å². The highest BCUT2D eigenvalue weighted by Crippen LogP contribution is 2.22. The number of hydrogen-bond donors (Lipinski definition) is 1. The molecule has 0 fully saturated rings. The summed E-state index contributed by atoms with van der Waals surface area (Å²) >= 11 is 6.06. The lowest BCUT2D eigenvalue weighted by Crippen LogP contribution is -2.22. The Morgan fingerprint density at radius 1 is 1.18 bits per heavy atom. The van der Waals surface area contributed by atoms with Gasteiger partial charge in [0.05, 0.1) is 0 Å². The van der Waals surface area contributed by atoms with Crippen molar-refractivity contribution >= 4 is 11.6 Å². The molecule has 1 unspecified atom stereocenters. The van der Waals surface area contributed by atoms with Crippen LogP contribution < -0.4 is 5.32 Å². The van der Waals surface area contributed by atoms with Gasteiger partial charge in [-0.05, 0) is 37.1 Å². The van der Waals surface area contributed by atoms with Gasteiger partial charge in [0.25, 0.3) is 0 Å². The first-order chi connectivity index (χ1) is 8.27. The van der Waals surface area contributed by atoms with Crippen molar-refractivity contribution in [3.8, 4) is 0 Å². The molecule has 1 aromatic rings. The molecule has 0 aliphatic heterocycles. The molecular weight excluding hydrogens is 230 g/mol. The number of benzene rings is 1. The number of unbranched alkanes of at least 4 members (excludes halogenated alkanes) is 2. The highest BCUT2D eigenvalue weighted by atomic mass is 35.5. The first-order valence-corrected chi connectivity index (χ1v) is 7.14. The van der Waals surface area contributed by atoms with Crippen LogP contribution >= 0.6 is 11.6 Å². The van der Waals surface area contributed by atoms with Gasteiger partial charge in [-0.15, -0.1) is 0 Å². The van der Waals surface area contributed by atoms with Gasteiger partial charge in [0.1, 0.15) is 0 Å². The quantitative estimate of drug-likeness (QED) is 0.646. The fourth-order valence-corrected chi connectivity index (χ4v) is 2.23. The smallest absolute Gasteiger partial charge is 0.0409 e. The summed E-state index contributed by atoms with van der Waals surface area (Å²) in [5, 5.41) is 4.45. The molecule has 1 nitrogen and oxygen atoms in total. The molecule has 0 aliphatic carbocycles. The Balaban J connectivity index is 2.60. The summed E-state index contributed by atoms with van der Waals surface area (Å²) in [5.41, 5.74) is 1.32. The molecule has 1 N–H and O–H groups in total. The van der Waals surface area contributed by atoms with Gasteiger partial charge in [-0.3, -0.25) is 0 Å². The molecule has 0 bridgehead atoms. The lowest BCUT2D eigenvalue weighted by Gasteiger charge is -2.19. The standard InChI is InChI=1S/C15H24ClN/c1-3-5-6-10-15(17-11-4-2)13-8-7-9-14(16)12-13/h7-9,12,15,17H,3-6,10-11H2,1-2H3. The third-order valence-corrected chi connectivity index (χ3v) is 3.22. The average Bonchev–Trinajstić information content (AvgIpc) is 2.33. The van der Waals surface area contributed by atoms with Crippen LogP contribution in [-0.4, -0.2) is 6.54 Å². The van der Waals surface area contributed by atoms with E-state index in [-0.39, 0.29) is 0 Å². The van der Waals surface area contributed by atoms with Gasteiger partial charge < -0.3 is 5.32 Å². The molecule has 1 rings (SSSR count). The van der Waals surface area contributed by atoms with Crippen molar-refractivity contribution in [2.75, 3.05) is 6.54 Å². The fourth-order valence-electron chi connectivity index (χ4n) is 2.03. The van der Waals surface area contributed by atoms with Crippen LogP contribution in [0.15, 0.2) is 24.3 Å². The first kappa shape index (κ1) is 14.5.